The quantitative estimate of drug-likeness (QED) is 0.832. The van der Waals surface area contributed by atoms with Crippen LogP contribution in [0, 0.1) is 0 Å². The summed E-state index contributed by atoms with van der Waals surface area (Å²) >= 11 is 0. The van der Waals surface area contributed by atoms with Crippen molar-refractivity contribution in [3.8, 4) is 0 Å². The lowest BCUT2D eigenvalue weighted by molar-refractivity contribution is -0.136. The molecule has 0 aliphatic heterocycles. The lowest BCUT2D eigenvalue weighted by atomic mass is 10.0. The Morgan fingerprint density at radius 2 is 1.62 bits per heavy atom. The summed E-state index contributed by atoms with van der Waals surface area (Å²) in [6, 6.07) is 15.3. The van der Waals surface area contributed by atoms with Gasteiger partial charge in [-0.2, -0.15) is 0 Å². The predicted molar refractivity (Wildman–Crippen MR) is 93.8 cm³/mol. The van der Waals surface area contributed by atoms with E-state index in [0.717, 1.165) is 5.56 Å². The van der Waals surface area contributed by atoms with Crippen LogP contribution >= 0.6 is 0 Å². The highest BCUT2D eigenvalue weighted by atomic mass is 32.2. The minimum absolute atomic E-state index is 0.111. The molecule has 5 nitrogen and oxygen atoms in total. The minimum atomic E-state index is -3.84. The molecule has 0 heterocycles. The second-order valence-electron chi connectivity index (χ2n) is 5.75. The number of anilines is 1. The zero-order chi connectivity index (χ0) is 17.7. The largest absolute Gasteiger partial charge is 0.481 e. The highest BCUT2D eigenvalue weighted by molar-refractivity contribution is 7.92. The third-order valence-corrected chi connectivity index (χ3v) is 5.51. The van der Waals surface area contributed by atoms with Gasteiger partial charge in [-0.15, -0.1) is 0 Å². The summed E-state index contributed by atoms with van der Waals surface area (Å²) in [5.74, 6) is -0.926. The Labute approximate surface area is 142 Å². The number of para-hydroxylation sites is 1. The standard InChI is InChI=1S/C18H21NO4S/c1-14(2)16-10-6-7-11-17(16)19(13-12-18(20)21)24(22,23)15-8-4-3-5-9-15/h3-11,14H,12-13H2,1-2H3,(H,20,21). The Hall–Kier alpha value is -2.34. The average Bonchev–Trinajstić information content (AvgIpc) is 2.55. The van der Waals surface area contributed by atoms with E-state index in [1.54, 1.807) is 30.3 Å². The molecule has 2 aromatic rings. The van der Waals surface area contributed by atoms with Crippen LogP contribution in [0.4, 0.5) is 5.69 Å². The lowest BCUT2D eigenvalue weighted by Crippen LogP contribution is -2.34. The minimum Gasteiger partial charge on any atom is -0.481 e. The van der Waals surface area contributed by atoms with Gasteiger partial charge in [0, 0.05) is 6.54 Å². The van der Waals surface area contributed by atoms with Crippen molar-refractivity contribution in [2.24, 2.45) is 0 Å². The molecule has 0 fully saturated rings. The monoisotopic (exact) mass is 347 g/mol. The van der Waals surface area contributed by atoms with Crippen LogP contribution < -0.4 is 4.31 Å². The Balaban J connectivity index is 2.56. The van der Waals surface area contributed by atoms with Gasteiger partial charge >= 0.3 is 5.97 Å². The van der Waals surface area contributed by atoms with E-state index in [4.69, 9.17) is 5.11 Å². The van der Waals surface area contributed by atoms with Crippen LogP contribution in [0.3, 0.4) is 0 Å². The number of nitrogens with zero attached hydrogens (tertiary/aromatic N) is 1. The molecule has 1 N–H and O–H groups in total. The second kappa shape index (κ2) is 7.49. The summed E-state index contributed by atoms with van der Waals surface area (Å²) in [5.41, 5.74) is 1.39. The summed E-state index contributed by atoms with van der Waals surface area (Å²) in [6.45, 7) is 3.84. The van der Waals surface area contributed by atoms with Crippen LogP contribution in [0.1, 0.15) is 31.7 Å². The fourth-order valence-electron chi connectivity index (χ4n) is 2.49. The van der Waals surface area contributed by atoms with E-state index in [0.29, 0.717) is 5.69 Å². The van der Waals surface area contributed by atoms with Gasteiger partial charge < -0.3 is 5.11 Å². The van der Waals surface area contributed by atoms with E-state index < -0.39 is 16.0 Å². The SMILES string of the molecule is CC(C)c1ccccc1N(CCC(=O)O)S(=O)(=O)c1ccccc1. The molecule has 0 amide bonds. The van der Waals surface area contributed by atoms with Gasteiger partial charge in [-0.3, -0.25) is 9.10 Å². The van der Waals surface area contributed by atoms with E-state index in [-0.39, 0.29) is 23.8 Å². The maximum atomic E-state index is 13.1. The molecule has 0 aliphatic carbocycles. The van der Waals surface area contributed by atoms with Gasteiger partial charge in [0.25, 0.3) is 10.0 Å². The van der Waals surface area contributed by atoms with Crippen LogP contribution in [0.5, 0.6) is 0 Å². The first-order valence-corrected chi connectivity index (χ1v) is 9.16. The predicted octanol–water partition coefficient (Wildman–Crippen LogP) is 3.48. The molecule has 0 unspecified atom stereocenters. The highest BCUT2D eigenvalue weighted by Gasteiger charge is 2.27. The molecule has 0 atom stereocenters. The van der Waals surface area contributed by atoms with Crippen molar-refractivity contribution in [3.05, 3.63) is 60.2 Å². The molecule has 2 aromatic carbocycles. The lowest BCUT2D eigenvalue weighted by Gasteiger charge is -2.27. The van der Waals surface area contributed by atoms with E-state index in [9.17, 15) is 13.2 Å². The van der Waals surface area contributed by atoms with Crippen molar-refractivity contribution >= 4 is 21.7 Å². The van der Waals surface area contributed by atoms with Crippen molar-refractivity contribution < 1.29 is 18.3 Å². The Kier molecular flexibility index (Phi) is 5.62. The van der Waals surface area contributed by atoms with E-state index >= 15 is 0 Å². The molecule has 24 heavy (non-hydrogen) atoms. The number of sulfonamides is 1. The molecule has 0 spiro atoms. The second-order valence-corrected chi connectivity index (χ2v) is 7.61. The first-order valence-electron chi connectivity index (χ1n) is 7.72. The molecule has 0 aliphatic rings. The number of carboxylic acid groups (broad SMARTS) is 1. The molecular formula is C18H21NO4S. The van der Waals surface area contributed by atoms with E-state index in [2.05, 4.69) is 0 Å². The number of hydrogen-bond donors (Lipinski definition) is 1. The number of carbonyl (C=O) groups is 1. The van der Waals surface area contributed by atoms with Crippen molar-refractivity contribution in [1.82, 2.24) is 0 Å². The maximum Gasteiger partial charge on any atom is 0.305 e. The fraction of sp³-hybridized carbons (Fsp3) is 0.278. The van der Waals surface area contributed by atoms with Crippen LogP contribution in [0.25, 0.3) is 0 Å². The van der Waals surface area contributed by atoms with E-state index in [1.165, 1.54) is 16.4 Å². The average molecular weight is 347 g/mol. The molecule has 0 saturated heterocycles. The van der Waals surface area contributed by atoms with Crippen molar-refractivity contribution in [2.45, 2.75) is 31.1 Å². The summed E-state index contributed by atoms with van der Waals surface area (Å²) < 4.78 is 27.3. The van der Waals surface area contributed by atoms with Gasteiger partial charge in [0.1, 0.15) is 0 Å². The van der Waals surface area contributed by atoms with Crippen LogP contribution in [-0.4, -0.2) is 26.0 Å². The number of carboxylic acids is 1. The number of hydrogen-bond acceptors (Lipinski definition) is 3. The highest BCUT2D eigenvalue weighted by Crippen LogP contribution is 2.31. The van der Waals surface area contributed by atoms with E-state index in [1.807, 2.05) is 26.0 Å². The van der Waals surface area contributed by atoms with Crippen LogP contribution in [0.2, 0.25) is 0 Å². The third-order valence-electron chi connectivity index (χ3n) is 3.69. The summed E-state index contributed by atoms with van der Waals surface area (Å²) in [6.07, 6.45) is -0.265. The molecular weight excluding hydrogens is 326 g/mol. The van der Waals surface area contributed by atoms with Crippen LogP contribution in [0.15, 0.2) is 59.5 Å². The number of benzene rings is 2. The molecule has 2 rings (SSSR count). The van der Waals surface area contributed by atoms with Crippen molar-refractivity contribution in [2.75, 3.05) is 10.8 Å². The Bertz CT molecular complexity index is 801. The number of aliphatic carboxylic acids is 1. The molecule has 6 heteroatoms. The summed E-state index contributed by atoms with van der Waals surface area (Å²) in [4.78, 5) is 11.1. The van der Waals surface area contributed by atoms with Gasteiger partial charge in [0.05, 0.1) is 17.0 Å². The first-order chi connectivity index (χ1) is 11.3. The summed E-state index contributed by atoms with van der Waals surface area (Å²) in [5, 5.41) is 9.00. The normalized spacial score (nSPS) is 11.5. The molecule has 0 bridgehead atoms. The molecule has 0 aromatic heterocycles. The fourth-order valence-corrected chi connectivity index (χ4v) is 4.00. The van der Waals surface area contributed by atoms with Gasteiger partial charge in [0.15, 0.2) is 0 Å². The van der Waals surface area contributed by atoms with Crippen molar-refractivity contribution in [3.63, 3.8) is 0 Å². The Morgan fingerprint density at radius 1 is 1.04 bits per heavy atom. The smallest absolute Gasteiger partial charge is 0.305 e. The molecule has 0 radical (unpaired) electrons. The third kappa shape index (κ3) is 3.94. The van der Waals surface area contributed by atoms with Crippen molar-refractivity contribution in [1.29, 1.82) is 0 Å². The topological polar surface area (TPSA) is 74.7 Å². The zero-order valence-corrected chi connectivity index (χ0v) is 14.5. The van der Waals surface area contributed by atoms with Gasteiger partial charge in [0.2, 0.25) is 0 Å². The first kappa shape index (κ1) is 18.0. The summed E-state index contributed by atoms with van der Waals surface area (Å²) in [7, 11) is -3.84. The molecule has 0 saturated carbocycles. The Morgan fingerprint density at radius 3 is 2.21 bits per heavy atom. The maximum absolute atomic E-state index is 13.1. The van der Waals surface area contributed by atoms with Gasteiger partial charge in [-0.1, -0.05) is 50.2 Å². The van der Waals surface area contributed by atoms with Gasteiger partial charge in [-0.05, 0) is 29.7 Å². The van der Waals surface area contributed by atoms with Gasteiger partial charge in [-0.25, -0.2) is 8.42 Å². The number of rotatable bonds is 7. The molecule has 128 valence electrons. The van der Waals surface area contributed by atoms with Crippen LogP contribution in [-0.2, 0) is 14.8 Å². The zero-order valence-electron chi connectivity index (χ0n) is 13.7.